The van der Waals surface area contributed by atoms with E-state index in [1.807, 2.05) is 60.7 Å². The van der Waals surface area contributed by atoms with Crippen LogP contribution in [0, 0.1) is 11.8 Å². The summed E-state index contributed by atoms with van der Waals surface area (Å²) in [5.74, 6) is -0.834. The van der Waals surface area contributed by atoms with Crippen LogP contribution < -0.4 is 4.90 Å². The van der Waals surface area contributed by atoms with Crippen LogP contribution in [0.4, 0.5) is 5.69 Å². The summed E-state index contributed by atoms with van der Waals surface area (Å²) in [6.45, 7) is 1.79. The van der Waals surface area contributed by atoms with Gasteiger partial charge in [-0.25, -0.2) is 0 Å². The fourth-order valence-electron chi connectivity index (χ4n) is 6.35. The van der Waals surface area contributed by atoms with Gasteiger partial charge in [-0.15, -0.1) is 0 Å². The van der Waals surface area contributed by atoms with Crippen molar-refractivity contribution in [1.82, 2.24) is 4.90 Å². The number of hydrogen-bond acceptors (Lipinski definition) is 4. The lowest BCUT2D eigenvalue weighted by molar-refractivity contribution is -0.199. The molecule has 2 fully saturated rings. The van der Waals surface area contributed by atoms with E-state index in [0.29, 0.717) is 17.7 Å². The molecule has 6 nitrogen and oxygen atoms in total. The summed E-state index contributed by atoms with van der Waals surface area (Å²) in [6, 6.07) is 16.9. The zero-order valence-corrected chi connectivity index (χ0v) is 16.8. The molecule has 1 spiro atoms. The first kappa shape index (κ1) is 17.7. The number of ether oxygens (including phenoxy) is 1. The lowest BCUT2D eigenvalue weighted by atomic mass is 9.55. The Labute approximate surface area is 174 Å². The van der Waals surface area contributed by atoms with E-state index in [-0.39, 0.29) is 12.0 Å². The number of allylic oxidation sites excluding steroid dienone is 1. The number of para-hydroxylation sites is 1. The smallest absolute Gasteiger partial charge is 0.318 e. The summed E-state index contributed by atoms with van der Waals surface area (Å²) in [7, 11) is 1.63. The molecule has 2 aromatic carbocycles. The molecule has 5 atom stereocenters. The van der Waals surface area contributed by atoms with Crippen molar-refractivity contribution in [2.75, 3.05) is 12.0 Å². The number of amides is 2. The van der Waals surface area contributed by atoms with Gasteiger partial charge in [-0.1, -0.05) is 48.5 Å². The zero-order chi connectivity index (χ0) is 20.8. The molecular formula is C24H22N2O4. The maximum absolute atomic E-state index is 13.3. The average molecular weight is 402 g/mol. The molecule has 0 unspecified atom stereocenters. The van der Waals surface area contributed by atoms with Gasteiger partial charge in [0.05, 0.1) is 30.2 Å². The SMILES string of the molecule is COC1=C[C@H]2[C@@H](c3ccccc3)N3C(=O)C(=O)N4c5ccccc5[C@@](C)(O)[C@H](C1)[C@]243. The van der Waals surface area contributed by atoms with Gasteiger partial charge in [-0.3, -0.25) is 14.5 Å². The van der Waals surface area contributed by atoms with Crippen molar-refractivity contribution in [3.63, 3.8) is 0 Å². The van der Waals surface area contributed by atoms with E-state index in [0.717, 1.165) is 11.3 Å². The molecule has 4 aliphatic rings. The number of carbonyl (C=O) groups is 2. The third-order valence-electron chi connectivity index (χ3n) is 7.51. The molecule has 0 aromatic heterocycles. The summed E-state index contributed by atoms with van der Waals surface area (Å²) in [4.78, 5) is 30.0. The maximum atomic E-state index is 13.3. The molecule has 0 bridgehead atoms. The summed E-state index contributed by atoms with van der Waals surface area (Å²) >= 11 is 0. The van der Waals surface area contributed by atoms with Crippen LogP contribution in [0.5, 0.6) is 0 Å². The third kappa shape index (κ3) is 1.76. The lowest BCUT2D eigenvalue weighted by Gasteiger charge is -2.69. The van der Waals surface area contributed by atoms with Crippen LogP contribution in [0.2, 0.25) is 0 Å². The Bertz CT molecular complexity index is 1130. The highest BCUT2D eigenvalue weighted by molar-refractivity contribution is 6.44. The second-order valence-electron chi connectivity index (χ2n) is 8.74. The van der Waals surface area contributed by atoms with Crippen molar-refractivity contribution in [2.24, 2.45) is 11.8 Å². The van der Waals surface area contributed by atoms with Gasteiger partial charge in [0.1, 0.15) is 5.66 Å². The molecule has 2 aromatic rings. The van der Waals surface area contributed by atoms with Crippen molar-refractivity contribution in [2.45, 2.75) is 30.7 Å². The largest absolute Gasteiger partial charge is 0.501 e. The second kappa shape index (κ2) is 5.52. The summed E-state index contributed by atoms with van der Waals surface area (Å²) in [6.07, 6.45) is 2.50. The Morgan fingerprint density at radius 1 is 1.03 bits per heavy atom. The van der Waals surface area contributed by atoms with Crippen molar-refractivity contribution < 1.29 is 19.4 Å². The van der Waals surface area contributed by atoms with E-state index < -0.39 is 29.0 Å². The average Bonchev–Trinajstić information content (AvgIpc) is 2.92. The summed E-state index contributed by atoms with van der Waals surface area (Å²) in [5.41, 5.74) is 0.109. The van der Waals surface area contributed by atoms with Crippen LogP contribution in [0.1, 0.15) is 30.5 Å². The molecule has 1 N–H and O–H groups in total. The van der Waals surface area contributed by atoms with Gasteiger partial charge in [-0.2, -0.15) is 0 Å². The molecule has 0 radical (unpaired) electrons. The molecule has 30 heavy (non-hydrogen) atoms. The minimum atomic E-state index is -1.23. The van der Waals surface area contributed by atoms with E-state index in [9.17, 15) is 14.7 Å². The van der Waals surface area contributed by atoms with Crippen LogP contribution in [0.25, 0.3) is 0 Å². The van der Waals surface area contributed by atoms with Gasteiger partial charge < -0.3 is 14.7 Å². The number of methoxy groups -OCH3 is 1. The first-order chi connectivity index (χ1) is 14.4. The Morgan fingerprint density at radius 2 is 1.73 bits per heavy atom. The fraction of sp³-hybridized carbons (Fsp3) is 0.333. The quantitative estimate of drug-likeness (QED) is 0.785. The molecule has 152 valence electrons. The summed E-state index contributed by atoms with van der Waals surface area (Å²) in [5, 5.41) is 11.8. The van der Waals surface area contributed by atoms with Crippen molar-refractivity contribution in [1.29, 1.82) is 0 Å². The minimum absolute atomic E-state index is 0.177. The fourth-order valence-corrected chi connectivity index (χ4v) is 6.35. The molecule has 6 rings (SSSR count). The van der Waals surface area contributed by atoms with E-state index in [1.165, 1.54) is 0 Å². The van der Waals surface area contributed by atoms with Gasteiger partial charge in [-0.05, 0) is 24.6 Å². The predicted octanol–water partition coefficient (Wildman–Crippen LogP) is 2.70. The predicted molar refractivity (Wildman–Crippen MR) is 109 cm³/mol. The number of nitrogens with zero attached hydrogens (tertiary/aromatic N) is 2. The van der Waals surface area contributed by atoms with E-state index >= 15 is 0 Å². The Morgan fingerprint density at radius 3 is 2.47 bits per heavy atom. The molecule has 1 aliphatic carbocycles. The van der Waals surface area contributed by atoms with Crippen LogP contribution in [0.3, 0.4) is 0 Å². The maximum Gasteiger partial charge on any atom is 0.318 e. The van der Waals surface area contributed by atoms with E-state index in [1.54, 1.807) is 23.8 Å². The Kier molecular flexibility index (Phi) is 3.26. The number of carbonyl (C=O) groups excluding carboxylic acids is 2. The first-order valence-electron chi connectivity index (χ1n) is 10.2. The molecular weight excluding hydrogens is 380 g/mol. The molecule has 2 amide bonds. The topological polar surface area (TPSA) is 70.1 Å². The number of anilines is 1. The van der Waals surface area contributed by atoms with Gasteiger partial charge >= 0.3 is 11.8 Å². The number of benzene rings is 2. The molecule has 6 heteroatoms. The highest BCUT2D eigenvalue weighted by Crippen LogP contribution is 2.69. The van der Waals surface area contributed by atoms with E-state index in [2.05, 4.69) is 0 Å². The van der Waals surface area contributed by atoms with Gasteiger partial charge in [0.2, 0.25) is 0 Å². The normalized spacial score (nSPS) is 35.8. The number of hydrogen-bond donors (Lipinski definition) is 1. The molecule has 0 saturated carbocycles. The first-order valence-corrected chi connectivity index (χ1v) is 10.2. The Hall–Kier alpha value is -3.12. The van der Waals surface area contributed by atoms with Crippen molar-refractivity contribution in [3.05, 3.63) is 77.6 Å². The highest BCUT2D eigenvalue weighted by Gasteiger charge is 2.79. The molecule has 3 heterocycles. The monoisotopic (exact) mass is 402 g/mol. The van der Waals surface area contributed by atoms with Crippen molar-refractivity contribution in [3.8, 4) is 0 Å². The number of rotatable bonds is 2. The molecule has 2 saturated heterocycles. The van der Waals surface area contributed by atoms with Gasteiger partial charge in [0, 0.05) is 23.8 Å². The van der Waals surface area contributed by atoms with E-state index in [4.69, 9.17) is 4.74 Å². The molecule has 3 aliphatic heterocycles. The van der Waals surface area contributed by atoms with Crippen LogP contribution >= 0.6 is 0 Å². The second-order valence-corrected chi connectivity index (χ2v) is 8.74. The van der Waals surface area contributed by atoms with Crippen molar-refractivity contribution >= 4 is 17.5 Å². The highest BCUT2D eigenvalue weighted by atomic mass is 16.5. The van der Waals surface area contributed by atoms with Gasteiger partial charge in [0.25, 0.3) is 0 Å². The summed E-state index contributed by atoms with van der Waals surface area (Å²) < 4.78 is 5.64. The van der Waals surface area contributed by atoms with Crippen LogP contribution in [-0.4, -0.2) is 34.6 Å². The minimum Gasteiger partial charge on any atom is -0.501 e. The third-order valence-corrected chi connectivity index (χ3v) is 7.51. The number of aliphatic hydroxyl groups is 1. The lowest BCUT2D eigenvalue weighted by Crippen LogP contribution is -2.79. The standard InChI is InChI=1S/C24H22N2O4/c1-23(29)16-10-6-7-11-18(16)25-21(27)22(28)26-20(14-8-4-3-5-9-14)17-12-15(30-2)13-19(23)24(17,25)26/h3-12,17,19-20,29H,13H2,1-2H3/t17-,19-,20+,23+,24+/m0/s1. The zero-order valence-electron chi connectivity index (χ0n) is 16.8. The van der Waals surface area contributed by atoms with Crippen LogP contribution in [-0.2, 0) is 19.9 Å². The van der Waals surface area contributed by atoms with Crippen LogP contribution in [0.15, 0.2) is 66.4 Å². The van der Waals surface area contributed by atoms with Gasteiger partial charge in [0.15, 0.2) is 0 Å². The Balaban J connectivity index is 1.65. The number of fused-ring (bicyclic) bond motifs is 2.